The van der Waals surface area contributed by atoms with E-state index < -0.39 is 0 Å². The Morgan fingerprint density at radius 2 is 0.700 bits per heavy atom. The fraction of sp³-hybridized carbons (Fsp3) is 0. The Bertz CT molecular complexity index is 61.0. The molecule has 0 aromatic carbocycles. The lowest BCUT2D eigenvalue weighted by atomic mass is 11.8. The van der Waals surface area contributed by atoms with Crippen molar-refractivity contribution in [2.75, 3.05) is 0 Å². The molecule has 0 radical (unpaired) electrons. The van der Waals surface area contributed by atoms with Gasteiger partial charge in [-0.15, -0.1) is 0 Å². The van der Waals surface area contributed by atoms with Gasteiger partial charge in [0, 0.05) is 0 Å². The smallest absolute Gasteiger partial charge is 0.0182 e. The standard InChI is InChI=1S/H12N10/c1-7(2)10(8(3)4)9(5)6/h1-6H2. The number of hydrazine groups is 9. The summed E-state index contributed by atoms with van der Waals surface area (Å²) in [7, 11) is 0. The topological polar surface area (TPSA) is 169 Å². The molecule has 0 unspecified atom stereocenters. The van der Waals surface area contributed by atoms with Crippen molar-refractivity contribution < 1.29 is 0 Å². The van der Waals surface area contributed by atoms with Gasteiger partial charge in [0.1, 0.15) is 0 Å². The molecule has 0 saturated heterocycles. The van der Waals surface area contributed by atoms with Gasteiger partial charge in [0.2, 0.25) is 0 Å². The van der Waals surface area contributed by atoms with Crippen molar-refractivity contribution in [3.8, 4) is 0 Å². The quantitative estimate of drug-likeness (QED) is 0.170. The average molecular weight is 152 g/mol. The van der Waals surface area contributed by atoms with Crippen LogP contribution in [0.15, 0.2) is 0 Å². The Kier molecular flexibility index (Phi) is 3.54. The lowest BCUT2D eigenvalue weighted by Gasteiger charge is -2.33. The van der Waals surface area contributed by atoms with Gasteiger partial charge in [-0.25, -0.2) is 35.1 Å². The third-order valence-corrected chi connectivity index (χ3v) is 0.620. The molecule has 10 nitrogen and oxygen atoms in total. The largest absolute Gasteiger partial charge is 0.238 e. The molecule has 0 heterocycles. The van der Waals surface area contributed by atoms with E-state index in [0.717, 1.165) is 0 Å². The molecule has 0 rings (SSSR count). The predicted octanol–water partition coefficient (Wildman–Crippen LogP) is -4.82. The maximum Gasteiger partial charge on any atom is -0.0182 e. The van der Waals surface area contributed by atoms with Crippen LogP contribution in [0.4, 0.5) is 0 Å². The van der Waals surface area contributed by atoms with Crippen molar-refractivity contribution in [2.24, 2.45) is 35.1 Å². The summed E-state index contributed by atoms with van der Waals surface area (Å²) < 4.78 is 0. The minimum atomic E-state index is 0.500. The van der Waals surface area contributed by atoms with Gasteiger partial charge in [-0.05, 0) is 5.23 Å². The molecule has 0 atom stereocenters. The van der Waals surface area contributed by atoms with Gasteiger partial charge in [0.25, 0.3) is 0 Å². The zero-order valence-electron chi connectivity index (χ0n) is 5.25. The van der Waals surface area contributed by atoms with Crippen LogP contribution in [0.25, 0.3) is 0 Å². The van der Waals surface area contributed by atoms with E-state index in [2.05, 4.69) is 0 Å². The Labute approximate surface area is 57.2 Å². The zero-order valence-corrected chi connectivity index (χ0v) is 5.25. The van der Waals surface area contributed by atoms with Crippen molar-refractivity contribution in [1.82, 2.24) is 20.9 Å². The van der Waals surface area contributed by atoms with Crippen LogP contribution in [0.2, 0.25) is 0 Å². The van der Waals surface area contributed by atoms with E-state index in [9.17, 15) is 0 Å². The Balaban J connectivity index is 3.98. The third-order valence-electron chi connectivity index (χ3n) is 0.620. The highest BCUT2D eigenvalue weighted by Crippen LogP contribution is 1.81. The number of hydrogen-bond donors (Lipinski definition) is 6. The molecule has 10 heteroatoms. The maximum atomic E-state index is 4.97. The molecule has 0 bridgehead atoms. The molecule has 12 N–H and O–H groups in total. The monoisotopic (exact) mass is 152 g/mol. The molecule has 0 spiro atoms. The van der Waals surface area contributed by atoms with Crippen LogP contribution in [0, 0.1) is 0 Å². The highest BCUT2D eigenvalue weighted by molar-refractivity contribution is 4.18. The summed E-state index contributed by atoms with van der Waals surface area (Å²) in [6, 6.07) is 0. The molecule has 10 heavy (non-hydrogen) atoms. The van der Waals surface area contributed by atoms with E-state index in [1.54, 1.807) is 0 Å². The zero-order chi connectivity index (χ0) is 8.31. The van der Waals surface area contributed by atoms with Crippen LogP contribution >= 0.6 is 0 Å². The minimum absolute atomic E-state index is 0.500. The van der Waals surface area contributed by atoms with Gasteiger partial charge in [-0.3, -0.25) is 0 Å². The highest BCUT2D eigenvalue weighted by Gasteiger charge is 2.15. The lowest BCUT2D eigenvalue weighted by molar-refractivity contribution is -0.321. The van der Waals surface area contributed by atoms with E-state index >= 15 is 0 Å². The van der Waals surface area contributed by atoms with Crippen molar-refractivity contribution in [3.05, 3.63) is 0 Å². The van der Waals surface area contributed by atoms with Crippen molar-refractivity contribution in [3.63, 3.8) is 0 Å². The van der Waals surface area contributed by atoms with Crippen LogP contribution in [-0.2, 0) is 0 Å². The highest BCUT2D eigenvalue weighted by atomic mass is 16.2. The molecule has 0 amide bonds. The first-order valence-electron chi connectivity index (χ1n) is 2.15. The fourth-order valence-corrected chi connectivity index (χ4v) is 0.358. The summed E-state index contributed by atoms with van der Waals surface area (Å²) in [5.41, 5.74) is 0. The van der Waals surface area contributed by atoms with E-state index in [1.807, 2.05) is 0 Å². The Hall–Kier alpha value is -0.400. The van der Waals surface area contributed by atoms with Gasteiger partial charge in [-0.2, -0.15) is 0 Å². The summed E-state index contributed by atoms with van der Waals surface area (Å²) in [4.78, 5) is 0. The van der Waals surface area contributed by atoms with Crippen molar-refractivity contribution in [1.29, 1.82) is 0 Å². The van der Waals surface area contributed by atoms with Gasteiger partial charge in [0.05, 0.1) is 0 Å². The number of hydrogen-bond acceptors (Lipinski definition) is 10. The van der Waals surface area contributed by atoms with Crippen molar-refractivity contribution >= 4 is 0 Å². The molecular weight excluding hydrogens is 140 g/mol. The van der Waals surface area contributed by atoms with E-state index in [0.29, 0.717) is 20.9 Å². The van der Waals surface area contributed by atoms with E-state index in [-0.39, 0.29) is 0 Å². The molecule has 0 aliphatic rings. The average Bonchev–Trinajstić information content (AvgIpc) is 1.59. The van der Waals surface area contributed by atoms with Gasteiger partial charge in [0.15, 0.2) is 0 Å². The van der Waals surface area contributed by atoms with E-state index in [1.165, 1.54) is 0 Å². The molecule has 0 aromatic heterocycles. The third kappa shape index (κ3) is 2.46. The first-order valence-corrected chi connectivity index (χ1v) is 2.15. The maximum absolute atomic E-state index is 4.97. The lowest BCUT2D eigenvalue weighted by Crippen LogP contribution is -2.73. The second-order valence-electron chi connectivity index (χ2n) is 1.41. The summed E-state index contributed by atoms with van der Waals surface area (Å²) >= 11 is 0. The summed E-state index contributed by atoms with van der Waals surface area (Å²) in [6.45, 7) is 0. The normalized spacial score (nSPS) is 12.6. The fourth-order valence-electron chi connectivity index (χ4n) is 0.358. The van der Waals surface area contributed by atoms with Gasteiger partial charge < -0.3 is 0 Å². The van der Waals surface area contributed by atoms with Crippen LogP contribution in [0.1, 0.15) is 0 Å². The summed E-state index contributed by atoms with van der Waals surface area (Å²) in [6.07, 6.45) is 0. The van der Waals surface area contributed by atoms with Gasteiger partial charge in [-0.1, -0.05) is 15.7 Å². The number of nitrogens with zero attached hydrogens (tertiary/aromatic N) is 4. The second kappa shape index (κ2) is 3.69. The first-order chi connectivity index (χ1) is 4.46. The molecule has 62 valence electrons. The number of rotatable bonds is 3. The molecule has 0 aliphatic heterocycles. The van der Waals surface area contributed by atoms with Crippen LogP contribution in [0.3, 0.4) is 0 Å². The molecule has 0 saturated carbocycles. The second-order valence-corrected chi connectivity index (χ2v) is 1.41. The van der Waals surface area contributed by atoms with Crippen LogP contribution < -0.4 is 35.1 Å². The number of nitrogens with two attached hydrogens (primary N) is 6. The van der Waals surface area contributed by atoms with Crippen LogP contribution in [0.5, 0.6) is 0 Å². The summed E-state index contributed by atoms with van der Waals surface area (Å²) in [5.74, 6) is 29.8. The van der Waals surface area contributed by atoms with Gasteiger partial charge >= 0.3 is 0 Å². The molecular formula is H12N10. The van der Waals surface area contributed by atoms with E-state index in [4.69, 9.17) is 35.1 Å². The molecule has 0 fully saturated rings. The Morgan fingerprint density at radius 1 is 0.500 bits per heavy atom. The van der Waals surface area contributed by atoms with Crippen LogP contribution in [-0.4, -0.2) is 20.9 Å². The Morgan fingerprint density at radius 3 is 0.700 bits per heavy atom. The SMILES string of the molecule is NN(N)N(N(N)N)N(N)N. The van der Waals surface area contributed by atoms with Crippen molar-refractivity contribution in [2.45, 2.75) is 0 Å². The first kappa shape index (κ1) is 9.60. The predicted molar refractivity (Wildman–Crippen MR) is 32.5 cm³/mol. The minimum Gasteiger partial charge on any atom is -0.238 e. The molecule has 0 aromatic rings. The molecule has 0 aliphatic carbocycles. The summed E-state index contributed by atoms with van der Waals surface area (Å²) in [5, 5.41) is 2.17.